The van der Waals surface area contributed by atoms with Gasteiger partial charge >= 0.3 is 5.97 Å². The van der Waals surface area contributed by atoms with Crippen molar-refractivity contribution in [1.82, 2.24) is 15.0 Å². The molecule has 24 heavy (non-hydrogen) atoms. The molecule has 0 fully saturated rings. The van der Waals surface area contributed by atoms with Gasteiger partial charge in [-0.25, -0.2) is 9.48 Å². The second kappa shape index (κ2) is 6.84. The van der Waals surface area contributed by atoms with E-state index < -0.39 is 5.97 Å². The molecule has 0 spiro atoms. The number of halogens is 1. The van der Waals surface area contributed by atoms with Gasteiger partial charge in [0.1, 0.15) is 6.61 Å². The summed E-state index contributed by atoms with van der Waals surface area (Å²) in [6.07, 6.45) is 0. The normalized spacial score (nSPS) is 10.6. The van der Waals surface area contributed by atoms with Gasteiger partial charge in [-0.15, -0.1) is 5.10 Å². The number of aryl methyl sites for hydroxylation is 1. The fourth-order valence-corrected chi connectivity index (χ4v) is 2.57. The van der Waals surface area contributed by atoms with Crippen LogP contribution >= 0.6 is 11.6 Å². The van der Waals surface area contributed by atoms with E-state index in [9.17, 15) is 4.79 Å². The molecule has 0 unspecified atom stereocenters. The van der Waals surface area contributed by atoms with E-state index >= 15 is 0 Å². The van der Waals surface area contributed by atoms with E-state index in [4.69, 9.17) is 16.3 Å². The number of nitrogens with zero attached hydrogens (tertiary/aromatic N) is 3. The summed E-state index contributed by atoms with van der Waals surface area (Å²) >= 11 is 5.99. The molecule has 0 radical (unpaired) electrons. The lowest BCUT2D eigenvalue weighted by atomic mass is 10.1. The molecular formula is C18H16ClN3O2. The average Bonchev–Trinajstić information content (AvgIpc) is 2.94. The third kappa shape index (κ3) is 3.46. The first-order chi connectivity index (χ1) is 11.5. The van der Waals surface area contributed by atoms with Crippen LogP contribution in [-0.4, -0.2) is 21.0 Å². The van der Waals surface area contributed by atoms with Crippen molar-refractivity contribution in [2.75, 3.05) is 0 Å². The smallest absolute Gasteiger partial charge is 0.361 e. The van der Waals surface area contributed by atoms with Gasteiger partial charge in [-0.2, -0.15) is 0 Å². The van der Waals surface area contributed by atoms with E-state index in [1.165, 1.54) is 0 Å². The first-order valence-corrected chi connectivity index (χ1v) is 7.83. The molecule has 0 bridgehead atoms. The lowest BCUT2D eigenvalue weighted by Gasteiger charge is -2.06. The Morgan fingerprint density at radius 1 is 1.17 bits per heavy atom. The van der Waals surface area contributed by atoms with Gasteiger partial charge in [0, 0.05) is 5.02 Å². The minimum absolute atomic E-state index is 0.197. The van der Waals surface area contributed by atoms with Crippen LogP contribution in [0.4, 0.5) is 0 Å². The molecule has 3 rings (SSSR count). The number of ether oxygens (including phenoxy) is 1. The molecule has 1 aromatic heterocycles. The molecule has 0 saturated heterocycles. The summed E-state index contributed by atoms with van der Waals surface area (Å²) < 4.78 is 6.91. The number of carbonyl (C=O) groups is 1. The number of benzene rings is 2. The Morgan fingerprint density at radius 2 is 1.96 bits per heavy atom. The zero-order valence-corrected chi connectivity index (χ0v) is 14.1. The summed E-state index contributed by atoms with van der Waals surface area (Å²) in [6, 6.07) is 15.0. The van der Waals surface area contributed by atoms with Crippen LogP contribution in [0.1, 0.15) is 27.3 Å². The fraction of sp³-hybridized carbons (Fsp3) is 0.167. The van der Waals surface area contributed by atoms with E-state index in [1.807, 2.05) is 43.3 Å². The van der Waals surface area contributed by atoms with Crippen molar-refractivity contribution in [3.63, 3.8) is 0 Å². The molecule has 3 aromatic rings. The minimum atomic E-state index is -0.498. The second-order valence-corrected chi connectivity index (χ2v) is 5.92. The summed E-state index contributed by atoms with van der Waals surface area (Å²) in [6.45, 7) is 3.96. The van der Waals surface area contributed by atoms with E-state index in [0.29, 0.717) is 10.7 Å². The minimum Gasteiger partial charge on any atom is -0.456 e. The third-order valence-corrected chi connectivity index (χ3v) is 3.83. The predicted octanol–water partition coefficient (Wildman–Crippen LogP) is 3.89. The molecule has 0 aliphatic rings. The van der Waals surface area contributed by atoms with Gasteiger partial charge in [0.2, 0.25) is 0 Å². The fourth-order valence-electron chi connectivity index (χ4n) is 2.39. The zero-order chi connectivity index (χ0) is 17.1. The van der Waals surface area contributed by atoms with Gasteiger partial charge in [-0.05, 0) is 37.6 Å². The number of esters is 1. The zero-order valence-electron chi connectivity index (χ0n) is 13.4. The van der Waals surface area contributed by atoms with Crippen molar-refractivity contribution >= 4 is 17.6 Å². The highest BCUT2D eigenvalue weighted by Crippen LogP contribution is 2.17. The summed E-state index contributed by atoms with van der Waals surface area (Å²) in [4.78, 5) is 12.3. The van der Waals surface area contributed by atoms with Gasteiger partial charge in [-0.3, -0.25) is 0 Å². The molecule has 5 nitrogen and oxygen atoms in total. The second-order valence-electron chi connectivity index (χ2n) is 5.48. The maximum Gasteiger partial charge on any atom is 0.361 e. The van der Waals surface area contributed by atoms with Crippen LogP contribution in [0.5, 0.6) is 0 Å². The van der Waals surface area contributed by atoms with Gasteiger partial charge in [0.05, 0.1) is 11.4 Å². The number of hydrogen-bond donors (Lipinski definition) is 0. The van der Waals surface area contributed by atoms with Gasteiger partial charge in [0.25, 0.3) is 0 Å². The molecule has 0 saturated carbocycles. The maximum atomic E-state index is 12.3. The molecule has 0 aliphatic heterocycles. The van der Waals surface area contributed by atoms with Crippen LogP contribution in [0.25, 0.3) is 5.69 Å². The Morgan fingerprint density at radius 3 is 2.71 bits per heavy atom. The molecule has 2 aromatic carbocycles. The topological polar surface area (TPSA) is 57.0 Å². The van der Waals surface area contributed by atoms with Crippen LogP contribution in [0, 0.1) is 13.8 Å². The molecule has 0 N–H and O–H groups in total. The lowest BCUT2D eigenvalue weighted by Crippen LogP contribution is -2.08. The quantitative estimate of drug-likeness (QED) is 0.675. The van der Waals surface area contributed by atoms with Crippen LogP contribution in [0.3, 0.4) is 0 Å². The maximum absolute atomic E-state index is 12.3. The first kappa shape index (κ1) is 16.2. The van der Waals surface area contributed by atoms with E-state index in [2.05, 4.69) is 10.3 Å². The Bertz CT molecular complexity index is 889. The van der Waals surface area contributed by atoms with Crippen LogP contribution < -0.4 is 0 Å². The Labute approximate surface area is 144 Å². The van der Waals surface area contributed by atoms with E-state index in [1.54, 1.807) is 23.7 Å². The summed E-state index contributed by atoms with van der Waals surface area (Å²) in [5.41, 5.74) is 3.59. The number of rotatable bonds is 4. The molecule has 1 heterocycles. The summed E-state index contributed by atoms with van der Waals surface area (Å²) in [5, 5.41) is 8.56. The lowest BCUT2D eigenvalue weighted by molar-refractivity contribution is 0.0464. The third-order valence-electron chi connectivity index (χ3n) is 3.59. The van der Waals surface area contributed by atoms with Crippen LogP contribution in [0.15, 0.2) is 48.5 Å². The van der Waals surface area contributed by atoms with Crippen molar-refractivity contribution < 1.29 is 9.53 Å². The van der Waals surface area contributed by atoms with Crippen molar-refractivity contribution in [2.24, 2.45) is 0 Å². The number of aromatic nitrogens is 3. The average molecular weight is 342 g/mol. The summed E-state index contributed by atoms with van der Waals surface area (Å²) in [5.74, 6) is -0.498. The molecule has 6 heteroatoms. The molecule has 122 valence electrons. The molecule has 0 amide bonds. The highest BCUT2D eigenvalue weighted by Gasteiger charge is 2.19. The van der Waals surface area contributed by atoms with Gasteiger partial charge in [-0.1, -0.05) is 52.7 Å². The van der Waals surface area contributed by atoms with Crippen molar-refractivity contribution in [2.45, 2.75) is 20.5 Å². The highest BCUT2D eigenvalue weighted by atomic mass is 35.5. The molecular weight excluding hydrogens is 326 g/mol. The monoisotopic (exact) mass is 341 g/mol. The Balaban J connectivity index is 1.76. The molecule has 0 atom stereocenters. The number of hydrogen-bond acceptors (Lipinski definition) is 4. The standard InChI is InChI=1S/C18H16ClN3O2/c1-12-5-3-6-14(9-12)11-24-18(23)17-13(2)22(21-20-17)16-8-4-7-15(19)10-16/h3-10H,11H2,1-2H3. The van der Waals surface area contributed by atoms with Gasteiger partial charge in [0.15, 0.2) is 5.69 Å². The Hall–Kier alpha value is -2.66. The SMILES string of the molecule is Cc1cccc(COC(=O)c2nnn(-c3cccc(Cl)c3)c2C)c1. The van der Waals surface area contributed by atoms with Crippen molar-refractivity contribution in [1.29, 1.82) is 0 Å². The van der Waals surface area contributed by atoms with E-state index in [-0.39, 0.29) is 12.3 Å². The highest BCUT2D eigenvalue weighted by molar-refractivity contribution is 6.30. The number of carbonyl (C=O) groups excluding carboxylic acids is 1. The Kier molecular flexibility index (Phi) is 4.62. The molecule has 0 aliphatic carbocycles. The van der Waals surface area contributed by atoms with Crippen LogP contribution in [0.2, 0.25) is 5.02 Å². The largest absolute Gasteiger partial charge is 0.456 e. The van der Waals surface area contributed by atoms with Crippen molar-refractivity contribution in [3.8, 4) is 5.69 Å². The first-order valence-electron chi connectivity index (χ1n) is 7.45. The van der Waals surface area contributed by atoms with Crippen molar-refractivity contribution in [3.05, 3.63) is 76.1 Å². The van der Waals surface area contributed by atoms with Crippen LogP contribution in [-0.2, 0) is 11.3 Å². The van der Waals surface area contributed by atoms with Gasteiger partial charge < -0.3 is 4.74 Å². The predicted molar refractivity (Wildman–Crippen MR) is 91.4 cm³/mol. The summed E-state index contributed by atoms with van der Waals surface area (Å²) in [7, 11) is 0. The van der Waals surface area contributed by atoms with E-state index in [0.717, 1.165) is 16.8 Å².